The number of aliphatic hydroxyl groups is 1. The van der Waals surface area contributed by atoms with E-state index in [1.165, 1.54) is 14.2 Å². The summed E-state index contributed by atoms with van der Waals surface area (Å²) in [5, 5.41) is 27.7. The largest absolute Gasteiger partial charge is 0.381 e. The van der Waals surface area contributed by atoms with Crippen molar-refractivity contribution in [2.24, 2.45) is 0 Å². The second kappa shape index (κ2) is 9.24. The minimum Gasteiger partial charge on any atom is -0.381 e. The third-order valence-corrected chi connectivity index (χ3v) is 1.11. The highest BCUT2D eigenvalue weighted by molar-refractivity contribution is 4.56. The van der Waals surface area contributed by atoms with E-state index in [1.54, 1.807) is 0 Å². The molecule has 15 heavy (non-hydrogen) atoms. The van der Waals surface area contributed by atoms with Gasteiger partial charge in [0.2, 0.25) is 6.54 Å². The number of nitrogens with zero attached hydrogens (tertiary/aromatic N) is 2. The van der Waals surface area contributed by atoms with E-state index >= 15 is 0 Å². The fraction of sp³-hybridized carbons (Fsp3) is 1.00. The van der Waals surface area contributed by atoms with E-state index in [0.717, 1.165) is 7.05 Å². The standard InChI is InChI=1S/C5H11NO5.CH3NO2/c1-10-5(11-2)4(7)3-6(8)9;1-2(3)4/h4-5,7H,3H2,1-2H3;1H3. The highest BCUT2D eigenvalue weighted by Gasteiger charge is 2.22. The van der Waals surface area contributed by atoms with Gasteiger partial charge in [-0.05, 0) is 0 Å². The topological polar surface area (TPSA) is 125 Å². The Kier molecular flexibility index (Phi) is 9.94. The van der Waals surface area contributed by atoms with Crippen LogP contribution in [0, 0.1) is 20.2 Å². The molecule has 0 radical (unpaired) electrons. The second-order valence-corrected chi connectivity index (χ2v) is 2.36. The molecule has 0 amide bonds. The maximum Gasteiger partial charge on any atom is 0.234 e. The van der Waals surface area contributed by atoms with Gasteiger partial charge in [-0.25, -0.2) is 0 Å². The molecule has 1 unspecified atom stereocenters. The van der Waals surface area contributed by atoms with Crippen LogP contribution in [0.15, 0.2) is 0 Å². The second-order valence-electron chi connectivity index (χ2n) is 2.36. The summed E-state index contributed by atoms with van der Waals surface area (Å²) in [6, 6.07) is 0. The van der Waals surface area contributed by atoms with Gasteiger partial charge in [0.15, 0.2) is 19.4 Å². The predicted molar refractivity (Wildman–Crippen MR) is 48.6 cm³/mol. The number of hydrogen-bond donors (Lipinski definition) is 1. The van der Waals surface area contributed by atoms with Crippen LogP contribution in [0.1, 0.15) is 0 Å². The van der Waals surface area contributed by atoms with Crippen molar-refractivity contribution >= 4 is 0 Å². The molecule has 0 aromatic rings. The maximum atomic E-state index is 9.88. The number of hydrogen-bond acceptors (Lipinski definition) is 7. The molecule has 0 rings (SSSR count). The van der Waals surface area contributed by atoms with Crippen molar-refractivity contribution in [1.82, 2.24) is 0 Å². The van der Waals surface area contributed by atoms with Crippen LogP contribution >= 0.6 is 0 Å². The Morgan fingerprint density at radius 2 is 1.60 bits per heavy atom. The molecule has 0 aromatic heterocycles. The summed E-state index contributed by atoms with van der Waals surface area (Å²) >= 11 is 0. The van der Waals surface area contributed by atoms with Crippen LogP contribution in [0.3, 0.4) is 0 Å². The number of rotatable bonds is 5. The van der Waals surface area contributed by atoms with Crippen LogP contribution < -0.4 is 0 Å². The van der Waals surface area contributed by atoms with Crippen LogP contribution in [0.5, 0.6) is 0 Å². The first-order chi connectivity index (χ1) is 6.84. The molecule has 0 saturated heterocycles. The van der Waals surface area contributed by atoms with Gasteiger partial charge in [0.05, 0.1) is 0 Å². The van der Waals surface area contributed by atoms with Crippen molar-refractivity contribution in [2.45, 2.75) is 12.4 Å². The normalized spacial score (nSPS) is 11.5. The summed E-state index contributed by atoms with van der Waals surface area (Å²) in [6.07, 6.45) is -2.15. The SMILES string of the molecule is COC(OC)C(O)C[N+](=O)[O-].C[N+](=O)[O-]. The molecule has 9 heteroatoms. The molecule has 90 valence electrons. The zero-order valence-corrected chi connectivity index (χ0v) is 8.65. The maximum absolute atomic E-state index is 9.88. The van der Waals surface area contributed by atoms with Gasteiger partial charge >= 0.3 is 0 Å². The lowest BCUT2D eigenvalue weighted by Crippen LogP contribution is -2.35. The van der Waals surface area contributed by atoms with Gasteiger partial charge < -0.3 is 14.6 Å². The predicted octanol–water partition coefficient (Wildman–Crippen LogP) is -0.864. The summed E-state index contributed by atoms with van der Waals surface area (Å²) in [5.41, 5.74) is 0. The Hall–Kier alpha value is -1.32. The lowest BCUT2D eigenvalue weighted by atomic mass is 10.3. The molecular formula is C6H14N2O7. The first kappa shape index (κ1) is 16.1. The van der Waals surface area contributed by atoms with Crippen molar-refractivity contribution in [3.05, 3.63) is 20.2 Å². The first-order valence-corrected chi connectivity index (χ1v) is 3.78. The van der Waals surface area contributed by atoms with Crippen LogP contribution in [0.2, 0.25) is 0 Å². The number of methoxy groups -OCH3 is 2. The molecule has 0 saturated carbocycles. The fourth-order valence-electron chi connectivity index (χ4n) is 0.649. The quantitative estimate of drug-likeness (QED) is 0.367. The molecule has 0 spiro atoms. The van der Waals surface area contributed by atoms with Gasteiger partial charge in [-0.15, -0.1) is 0 Å². The van der Waals surface area contributed by atoms with E-state index in [4.69, 9.17) is 15.2 Å². The van der Waals surface area contributed by atoms with E-state index in [2.05, 4.69) is 9.47 Å². The molecule has 0 aliphatic carbocycles. The third kappa shape index (κ3) is 12.7. The van der Waals surface area contributed by atoms with Crippen molar-refractivity contribution in [1.29, 1.82) is 0 Å². The van der Waals surface area contributed by atoms with Crippen molar-refractivity contribution in [3.63, 3.8) is 0 Å². The van der Waals surface area contributed by atoms with Gasteiger partial charge in [-0.1, -0.05) is 0 Å². The van der Waals surface area contributed by atoms with Crippen molar-refractivity contribution in [2.75, 3.05) is 27.8 Å². The van der Waals surface area contributed by atoms with Crippen LogP contribution in [-0.2, 0) is 9.47 Å². The highest BCUT2D eigenvalue weighted by Crippen LogP contribution is 1.98. The minimum absolute atomic E-state index is 0.500. The van der Waals surface area contributed by atoms with Crippen LogP contribution in [-0.4, -0.2) is 55.2 Å². The van der Waals surface area contributed by atoms with Crippen molar-refractivity contribution in [3.8, 4) is 0 Å². The van der Waals surface area contributed by atoms with E-state index < -0.39 is 28.8 Å². The zero-order chi connectivity index (χ0) is 12.4. The average Bonchev–Trinajstić information content (AvgIpc) is 2.03. The molecule has 1 N–H and O–H groups in total. The highest BCUT2D eigenvalue weighted by atomic mass is 16.7. The van der Waals surface area contributed by atoms with Gasteiger partial charge in [-0.2, -0.15) is 0 Å². The molecule has 9 nitrogen and oxygen atoms in total. The van der Waals surface area contributed by atoms with Gasteiger partial charge in [0, 0.05) is 24.1 Å². The summed E-state index contributed by atoms with van der Waals surface area (Å²) < 4.78 is 9.17. The number of ether oxygens (including phenoxy) is 2. The minimum atomic E-state index is -1.22. The molecule has 0 aromatic carbocycles. The van der Waals surface area contributed by atoms with E-state index in [9.17, 15) is 10.1 Å². The molecule has 1 atom stereocenters. The Morgan fingerprint density at radius 3 is 1.80 bits per heavy atom. The van der Waals surface area contributed by atoms with Gasteiger partial charge in [0.25, 0.3) is 0 Å². The number of nitro groups is 2. The smallest absolute Gasteiger partial charge is 0.234 e. The summed E-state index contributed by atoms with van der Waals surface area (Å²) in [7, 11) is 3.49. The Labute approximate surface area is 85.9 Å². The Balaban J connectivity index is 0. The van der Waals surface area contributed by atoms with Crippen LogP contribution in [0.25, 0.3) is 0 Å². The lowest BCUT2D eigenvalue weighted by molar-refractivity contribution is -0.496. The summed E-state index contributed by atoms with van der Waals surface area (Å²) in [5.74, 6) is 0. The molecule has 0 fully saturated rings. The van der Waals surface area contributed by atoms with E-state index in [0.29, 0.717) is 0 Å². The summed E-state index contributed by atoms with van der Waals surface area (Å²) in [4.78, 5) is 17.6. The molecule has 0 heterocycles. The molecular weight excluding hydrogens is 212 g/mol. The third-order valence-electron chi connectivity index (χ3n) is 1.11. The lowest BCUT2D eigenvalue weighted by Gasteiger charge is -2.15. The Bertz CT molecular complexity index is 190. The molecule has 0 bridgehead atoms. The Morgan fingerprint density at radius 1 is 1.27 bits per heavy atom. The van der Waals surface area contributed by atoms with E-state index in [1.807, 2.05) is 0 Å². The first-order valence-electron chi connectivity index (χ1n) is 3.78. The van der Waals surface area contributed by atoms with Crippen LogP contribution in [0.4, 0.5) is 0 Å². The number of aliphatic hydroxyl groups excluding tert-OH is 1. The monoisotopic (exact) mass is 226 g/mol. The fourth-order valence-corrected chi connectivity index (χ4v) is 0.649. The van der Waals surface area contributed by atoms with Gasteiger partial charge in [-0.3, -0.25) is 20.2 Å². The van der Waals surface area contributed by atoms with Gasteiger partial charge in [0.1, 0.15) is 0 Å². The summed E-state index contributed by atoms with van der Waals surface area (Å²) in [6.45, 7) is -0.577. The average molecular weight is 226 g/mol. The zero-order valence-electron chi connectivity index (χ0n) is 8.65. The van der Waals surface area contributed by atoms with Crippen molar-refractivity contribution < 1.29 is 24.4 Å². The molecule has 0 aliphatic rings. The molecule has 0 aliphatic heterocycles. The van der Waals surface area contributed by atoms with E-state index in [-0.39, 0.29) is 0 Å².